The van der Waals surface area contributed by atoms with Crippen LogP contribution in [0.5, 0.6) is 11.5 Å². The Hall–Kier alpha value is -6.30. The summed E-state index contributed by atoms with van der Waals surface area (Å²) in [6.45, 7) is 5.09. The maximum Gasteiger partial charge on any atom is 0.410 e. The summed E-state index contributed by atoms with van der Waals surface area (Å²) in [7, 11) is 0. The Morgan fingerprint density at radius 2 is 1.39 bits per heavy atom. The number of piperazine rings is 1. The first-order valence-corrected chi connectivity index (χ1v) is 20.0. The number of hydrogen-bond acceptors (Lipinski definition) is 8. The van der Waals surface area contributed by atoms with Crippen LogP contribution in [-0.4, -0.2) is 83.3 Å². The van der Waals surface area contributed by atoms with Gasteiger partial charge in [-0.2, -0.15) is 5.10 Å². The third-order valence-corrected chi connectivity index (χ3v) is 11.4. The lowest BCUT2D eigenvalue weighted by molar-refractivity contribution is -0.132. The molecule has 3 aliphatic rings. The van der Waals surface area contributed by atoms with Crippen LogP contribution in [0.2, 0.25) is 0 Å². The average molecular weight is 768 g/mol. The molecule has 0 radical (unpaired) electrons. The fraction of sp³-hybridized carbons (Fsp3) is 0.333. The molecule has 0 saturated carbocycles. The molecular weight excluding hydrogens is 719 g/mol. The lowest BCUT2D eigenvalue weighted by Gasteiger charge is -2.38. The molecule has 0 spiro atoms. The third kappa shape index (κ3) is 8.75. The van der Waals surface area contributed by atoms with Gasteiger partial charge in [-0.25, -0.2) is 9.48 Å². The lowest BCUT2D eigenvalue weighted by Crippen LogP contribution is -2.48. The quantitative estimate of drug-likeness (QED) is 0.145. The van der Waals surface area contributed by atoms with E-state index in [-0.39, 0.29) is 24.6 Å². The van der Waals surface area contributed by atoms with Gasteiger partial charge in [0.25, 0.3) is 5.91 Å². The molecule has 2 saturated heterocycles. The van der Waals surface area contributed by atoms with Crippen molar-refractivity contribution in [1.29, 1.82) is 0 Å². The van der Waals surface area contributed by atoms with Crippen molar-refractivity contribution in [3.05, 3.63) is 126 Å². The summed E-state index contributed by atoms with van der Waals surface area (Å²) in [5.41, 5.74) is 10.9. The Morgan fingerprint density at radius 3 is 2.07 bits per heavy atom. The van der Waals surface area contributed by atoms with Crippen molar-refractivity contribution in [2.24, 2.45) is 11.7 Å². The molecule has 1 aromatic heterocycles. The second kappa shape index (κ2) is 17.2. The smallest absolute Gasteiger partial charge is 0.410 e. The predicted molar refractivity (Wildman–Crippen MR) is 219 cm³/mol. The molecule has 0 bridgehead atoms. The number of carbonyl (C=O) groups is 3. The number of anilines is 2. The zero-order chi connectivity index (χ0) is 39.1. The van der Waals surface area contributed by atoms with Gasteiger partial charge in [0.05, 0.1) is 6.04 Å². The SMILES string of the molecule is NC(=O)c1c(-c2ccc(Oc3ccccc3)cc2)nn2c1NCCC2C1CCN(C(=O)CCc2ccc(N3CCN(C(=O)OCc4ccccc4)CC3)cc2)CC1. The standard InChI is InChI=1S/C45H49N7O5/c46-43(54)41-42(35-14-18-38(19-15-35)57-37-9-5-2-6-10-37)48-52-39(21-24-47-44(41)52)34-22-25-50(26-23-34)40(53)20-13-32-11-16-36(17-12-32)49-27-29-51(30-28-49)45(55)56-31-33-7-3-1-4-8-33/h1-12,14-19,34,39,47H,13,20-31H2,(H2,46,54). The number of rotatable bonds is 11. The predicted octanol–water partition coefficient (Wildman–Crippen LogP) is 7.13. The van der Waals surface area contributed by atoms with Gasteiger partial charge in [0, 0.05) is 63.5 Å². The molecule has 3 N–H and O–H groups in total. The van der Waals surface area contributed by atoms with Crippen LogP contribution in [0.15, 0.2) is 109 Å². The summed E-state index contributed by atoms with van der Waals surface area (Å²) in [5, 5.41) is 8.40. The summed E-state index contributed by atoms with van der Waals surface area (Å²) < 4.78 is 13.5. The van der Waals surface area contributed by atoms with Crippen LogP contribution < -0.4 is 20.7 Å². The fourth-order valence-corrected chi connectivity index (χ4v) is 8.26. The number of benzene rings is 4. The van der Waals surface area contributed by atoms with Crippen molar-refractivity contribution in [3.8, 4) is 22.8 Å². The summed E-state index contributed by atoms with van der Waals surface area (Å²) in [4.78, 5) is 44.8. The maximum absolute atomic E-state index is 13.4. The highest BCUT2D eigenvalue weighted by molar-refractivity contribution is 6.03. The molecule has 57 heavy (non-hydrogen) atoms. The first-order valence-electron chi connectivity index (χ1n) is 20.0. The zero-order valence-corrected chi connectivity index (χ0v) is 32.1. The minimum Gasteiger partial charge on any atom is -0.457 e. The summed E-state index contributed by atoms with van der Waals surface area (Å²) >= 11 is 0. The van der Waals surface area contributed by atoms with E-state index in [0.717, 1.165) is 67.0 Å². The van der Waals surface area contributed by atoms with Gasteiger partial charge >= 0.3 is 6.09 Å². The Balaban J connectivity index is 0.814. The topological polar surface area (TPSA) is 135 Å². The molecule has 3 aliphatic heterocycles. The van der Waals surface area contributed by atoms with Gasteiger partial charge in [-0.15, -0.1) is 0 Å². The van der Waals surface area contributed by atoms with Crippen LogP contribution in [0.3, 0.4) is 0 Å². The van der Waals surface area contributed by atoms with E-state index < -0.39 is 5.91 Å². The third-order valence-electron chi connectivity index (χ3n) is 11.4. The van der Waals surface area contributed by atoms with Crippen LogP contribution in [0.1, 0.15) is 53.2 Å². The van der Waals surface area contributed by atoms with E-state index in [1.165, 1.54) is 0 Å². The second-order valence-corrected chi connectivity index (χ2v) is 15.0. The van der Waals surface area contributed by atoms with Crippen molar-refractivity contribution in [1.82, 2.24) is 19.6 Å². The van der Waals surface area contributed by atoms with Crippen LogP contribution >= 0.6 is 0 Å². The fourth-order valence-electron chi connectivity index (χ4n) is 8.26. The molecule has 3 amide bonds. The minimum atomic E-state index is -0.518. The monoisotopic (exact) mass is 767 g/mol. The van der Waals surface area contributed by atoms with Crippen LogP contribution in [0.4, 0.5) is 16.3 Å². The lowest BCUT2D eigenvalue weighted by atomic mass is 9.86. The maximum atomic E-state index is 13.4. The first kappa shape index (κ1) is 37.6. The zero-order valence-electron chi connectivity index (χ0n) is 32.1. The average Bonchev–Trinajstić information content (AvgIpc) is 3.67. The van der Waals surface area contributed by atoms with E-state index in [0.29, 0.717) is 67.8 Å². The Bertz CT molecular complexity index is 2140. The van der Waals surface area contributed by atoms with Crippen molar-refractivity contribution >= 4 is 29.4 Å². The molecule has 294 valence electrons. The number of aromatic nitrogens is 2. The number of primary amides is 1. The van der Waals surface area contributed by atoms with Crippen molar-refractivity contribution < 1.29 is 23.9 Å². The first-order chi connectivity index (χ1) is 27.9. The number of para-hydroxylation sites is 1. The number of hydrogen-bond donors (Lipinski definition) is 2. The number of aryl methyl sites for hydroxylation is 1. The van der Waals surface area contributed by atoms with Gasteiger partial charge in [-0.1, -0.05) is 60.7 Å². The number of piperidine rings is 1. The minimum absolute atomic E-state index is 0.0981. The Kier molecular flexibility index (Phi) is 11.4. The van der Waals surface area contributed by atoms with Crippen LogP contribution in [0.25, 0.3) is 11.3 Å². The molecule has 4 aromatic carbocycles. The van der Waals surface area contributed by atoms with Crippen molar-refractivity contribution in [2.75, 3.05) is 56.0 Å². The number of likely N-dealkylation sites (tertiary alicyclic amines) is 1. The van der Waals surface area contributed by atoms with Crippen molar-refractivity contribution in [2.45, 2.75) is 44.8 Å². The second-order valence-electron chi connectivity index (χ2n) is 15.0. The van der Waals surface area contributed by atoms with Crippen LogP contribution in [0, 0.1) is 5.92 Å². The van der Waals surface area contributed by atoms with Crippen molar-refractivity contribution in [3.63, 3.8) is 0 Å². The van der Waals surface area contributed by atoms with Gasteiger partial charge < -0.3 is 35.2 Å². The normalized spacial score (nSPS) is 17.1. The molecule has 0 aliphatic carbocycles. The molecule has 12 heteroatoms. The number of amides is 3. The van der Waals surface area contributed by atoms with Gasteiger partial charge in [0.2, 0.25) is 5.91 Å². The Morgan fingerprint density at radius 1 is 0.719 bits per heavy atom. The van der Waals surface area contributed by atoms with E-state index in [4.69, 9.17) is 20.3 Å². The van der Waals surface area contributed by atoms with E-state index in [1.54, 1.807) is 4.90 Å². The number of fused-ring (bicyclic) bond motifs is 1. The van der Waals surface area contributed by atoms with Gasteiger partial charge in [0.1, 0.15) is 35.2 Å². The highest BCUT2D eigenvalue weighted by atomic mass is 16.6. The molecule has 8 rings (SSSR count). The van der Waals surface area contributed by atoms with Crippen LogP contribution in [-0.2, 0) is 22.6 Å². The van der Waals surface area contributed by atoms with E-state index >= 15 is 0 Å². The molecular formula is C45H49N7O5. The van der Waals surface area contributed by atoms with E-state index in [9.17, 15) is 14.4 Å². The Labute approximate surface area is 333 Å². The highest BCUT2D eigenvalue weighted by Crippen LogP contribution is 2.40. The largest absolute Gasteiger partial charge is 0.457 e. The van der Waals surface area contributed by atoms with E-state index in [1.807, 2.05) is 94.5 Å². The molecule has 1 unspecified atom stereocenters. The van der Waals surface area contributed by atoms with Gasteiger partial charge in [0.15, 0.2) is 0 Å². The number of nitrogens with zero attached hydrogens (tertiary/aromatic N) is 5. The number of nitrogens with two attached hydrogens (primary N) is 1. The van der Waals surface area contributed by atoms with Gasteiger partial charge in [-0.05, 0) is 91.3 Å². The summed E-state index contributed by atoms with van der Waals surface area (Å²) in [6.07, 6.45) is 3.49. The van der Waals surface area contributed by atoms with E-state index in [2.05, 4.69) is 34.5 Å². The molecule has 12 nitrogen and oxygen atoms in total. The van der Waals surface area contributed by atoms with Gasteiger partial charge in [-0.3, -0.25) is 9.59 Å². The summed E-state index contributed by atoms with van der Waals surface area (Å²) in [5.74, 6) is 2.08. The molecule has 4 heterocycles. The summed E-state index contributed by atoms with van der Waals surface area (Å²) in [6, 6.07) is 35.4. The number of ether oxygens (including phenoxy) is 2. The number of nitrogens with one attached hydrogen (secondary N) is 1. The molecule has 1 atom stereocenters. The number of carbonyl (C=O) groups excluding carboxylic acids is 3. The molecule has 2 fully saturated rings. The molecule has 5 aromatic rings. The highest BCUT2D eigenvalue weighted by Gasteiger charge is 2.36.